The molecule has 15 heavy (non-hydrogen) atoms. The summed E-state index contributed by atoms with van der Waals surface area (Å²) in [6.45, 7) is 1.91. The molecular weight excluding hydrogens is 190 g/mol. The number of carbonyl (C=O) groups excluding carboxylic acids is 1. The topological polar surface area (TPSA) is 49.3 Å². The second-order valence-electron chi connectivity index (χ2n) is 4.54. The van der Waals surface area contributed by atoms with Crippen LogP contribution in [0.3, 0.4) is 0 Å². The number of aliphatic hydroxyl groups is 1. The highest BCUT2D eigenvalue weighted by molar-refractivity contribution is 5.75. The molecule has 1 fully saturated rings. The van der Waals surface area contributed by atoms with Gasteiger partial charge in [-0.05, 0) is 12.3 Å². The van der Waals surface area contributed by atoms with E-state index in [0.29, 0.717) is 12.3 Å². The Hall–Kier alpha value is -0.570. The third-order valence-corrected chi connectivity index (χ3v) is 3.25. The van der Waals surface area contributed by atoms with E-state index >= 15 is 0 Å². The van der Waals surface area contributed by atoms with Gasteiger partial charge < -0.3 is 10.4 Å². The summed E-state index contributed by atoms with van der Waals surface area (Å²) in [6.07, 6.45) is 7.94. The van der Waals surface area contributed by atoms with E-state index in [1.165, 1.54) is 32.1 Å². The summed E-state index contributed by atoms with van der Waals surface area (Å²) in [4.78, 5) is 11.2. The van der Waals surface area contributed by atoms with Gasteiger partial charge in [-0.3, -0.25) is 4.79 Å². The molecule has 0 aromatic heterocycles. The van der Waals surface area contributed by atoms with Gasteiger partial charge in [-0.1, -0.05) is 39.0 Å². The first-order chi connectivity index (χ1) is 7.26. The smallest absolute Gasteiger partial charge is 0.220 e. The lowest BCUT2D eigenvalue weighted by Crippen LogP contribution is -2.38. The molecule has 1 rings (SSSR count). The van der Waals surface area contributed by atoms with Gasteiger partial charge in [0.05, 0.1) is 12.6 Å². The molecular formula is C12H23NO2. The maximum atomic E-state index is 11.2. The molecule has 0 aromatic rings. The third kappa shape index (κ3) is 4.65. The molecule has 0 aliphatic heterocycles. The van der Waals surface area contributed by atoms with Crippen molar-refractivity contribution in [3.63, 3.8) is 0 Å². The summed E-state index contributed by atoms with van der Waals surface area (Å²) >= 11 is 0. The molecule has 2 N–H and O–H groups in total. The van der Waals surface area contributed by atoms with Gasteiger partial charge in [0, 0.05) is 6.42 Å². The van der Waals surface area contributed by atoms with Crippen LogP contribution < -0.4 is 5.32 Å². The number of aliphatic hydroxyl groups excluding tert-OH is 1. The second-order valence-corrected chi connectivity index (χ2v) is 4.54. The Labute approximate surface area is 92.3 Å². The first-order valence-corrected chi connectivity index (χ1v) is 6.16. The van der Waals surface area contributed by atoms with Crippen molar-refractivity contribution >= 4 is 5.91 Å². The van der Waals surface area contributed by atoms with E-state index < -0.39 is 0 Å². The first-order valence-electron chi connectivity index (χ1n) is 6.16. The van der Waals surface area contributed by atoms with Crippen molar-refractivity contribution in [3.05, 3.63) is 0 Å². The van der Waals surface area contributed by atoms with Crippen LogP contribution in [0.15, 0.2) is 0 Å². The van der Waals surface area contributed by atoms with E-state index in [1.54, 1.807) is 0 Å². The molecule has 3 nitrogen and oxygen atoms in total. The third-order valence-electron chi connectivity index (χ3n) is 3.25. The molecule has 88 valence electrons. The van der Waals surface area contributed by atoms with Crippen molar-refractivity contribution in [2.45, 2.75) is 57.9 Å². The monoisotopic (exact) mass is 213 g/mol. The fourth-order valence-corrected chi connectivity index (χ4v) is 2.33. The van der Waals surface area contributed by atoms with E-state index in [4.69, 9.17) is 0 Å². The van der Waals surface area contributed by atoms with Crippen LogP contribution in [-0.4, -0.2) is 23.7 Å². The predicted octanol–water partition coefficient (Wildman–Crippen LogP) is 1.84. The lowest BCUT2D eigenvalue weighted by molar-refractivity contribution is -0.121. The molecule has 1 unspecified atom stereocenters. The van der Waals surface area contributed by atoms with Gasteiger partial charge in [-0.25, -0.2) is 0 Å². The van der Waals surface area contributed by atoms with E-state index in [9.17, 15) is 9.90 Å². The Balaban J connectivity index is 2.28. The Kier molecular flexibility index (Phi) is 5.69. The van der Waals surface area contributed by atoms with Crippen LogP contribution in [0.1, 0.15) is 51.9 Å². The Morgan fingerprint density at radius 1 is 1.40 bits per heavy atom. The van der Waals surface area contributed by atoms with Crippen LogP contribution in [0.5, 0.6) is 0 Å². The normalized spacial score (nSPS) is 19.9. The SMILES string of the molecule is CCC(=O)NC(CO)CC1CCCCC1. The number of hydrogen-bond acceptors (Lipinski definition) is 2. The quantitative estimate of drug-likeness (QED) is 0.732. The van der Waals surface area contributed by atoms with Gasteiger partial charge in [0.1, 0.15) is 0 Å². The lowest BCUT2D eigenvalue weighted by Gasteiger charge is -2.26. The highest BCUT2D eigenvalue weighted by atomic mass is 16.3. The van der Waals surface area contributed by atoms with Crippen LogP contribution in [0, 0.1) is 5.92 Å². The van der Waals surface area contributed by atoms with Gasteiger partial charge in [0.2, 0.25) is 5.91 Å². The molecule has 1 aliphatic carbocycles. The minimum atomic E-state index is -0.0273. The average molecular weight is 213 g/mol. The Morgan fingerprint density at radius 3 is 2.60 bits per heavy atom. The second kappa shape index (κ2) is 6.83. The van der Waals surface area contributed by atoms with Crippen LogP contribution >= 0.6 is 0 Å². The molecule has 1 saturated carbocycles. The Bertz CT molecular complexity index is 188. The maximum absolute atomic E-state index is 11.2. The zero-order valence-electron chi connectivity index (χ0n) is 9.67. The molecule has 0 bridgehead atoms. The molecule has 0 heterocycles. The van der Waals surface area contributed by atoms with Crippen molar-refractivity contribution in [1.29, 1.82) is 0 Å². The van der Waals surface area contributed by atoms with Crippen molar-refractivity contribution in [2.75, 3.05) is 6.61 Å². The molecule has 1 aliphatic rings. The molecule has 0 saturated heterocycles. The maximum Gasteiger partial charge on any atom is 0.220 e. The summed E-state index contributed by atoms with van der Waals surface area (Å²) in [5.41, 5.74) is 0. The molecule has 3 heteroatoms. The predicted molar refractivity (Wildman–Crippen MR) is 60.5 cm³/mol. The van der Waals surface area contributed by atoms with Crippen LogP contribution in [0.4, 0.5) is 0 Å². The number of hydrogen-bond donors (Lipinski definition) is 2. The summed E-state index contributed by atoms with van der Waals surface area (Å²) in [7, 11) is 0. The number of amides is 1. The minimum Gasteiger partial charge on any atom is -0.394 e. The molecule has 1 amide bonds. The van der Waals surface area contributed by atoms with Crippen LogP contribution in [-0.2, 0) is 4.79 Å². The molecule has 0 aromatic carbocycles. The largest absolute Gasteiger partial charge is 0.394 e. The zero-order valence-corrected chi connectivity index (χ0v) is 9.67. The van der Waals surface area contributed by atoms with Crippen LogP contribution in [0.2, 0.25) is 0 Å². The highest BCUT2D eigenvalue weighted by Gasteiger charge is 2.19. The summed E-state index contributed by atoms with van der Waals surface area (Å²) in [5, 5.41) is 12.1. The highest BCUT2D eigenvalue weighted by Crippen LogP contribution is 2.27. The Morgan fingerprint density at radius 2 is 2.07 bits per heavy atom. The van der Waals surface area contributed by atoms with Gasteiger partial charge in [0.15, 0.2) is 0 Å². The van der Waals surface area contributed by atoms with Gasteiger partial charge in [-0.2, -0.15) is 0 Å². The zero-order chi connectivity index (χ0) is 11.1. The van der Waals surface area contributed by atoms with Crippen molar-refractivity contribution in [3.8, 4) is 0 Å². The first kappa shape index (κ1) is 12.5. The molecule has 0 spiro atoms. The summed E-state index contributed by atoms with van der Waals surface area (Å²) < 4.78 is 0. The van der Waals surface area contributed by atoms with Gasteiger partial charge in [-0.15, -0.1) is 0 Å². The lowest BCUT2D eigenvalue weighted by atomic mass is 9.85. The van der Waals surface area contributed by atoms with E-state index in [0.717, 1.165) is 6.42 Å². The van der Waals surface area contributed by atoms with Gasteiger partial charge in [0.25, 0.3) is 0 Å². The summed E-state index contributed by atoms with van der Waals surface area (Å²) in [5.74, 6) is 0.748. The van der Waals surface area contributed by atoms with E-state index in [-0.39, 0.29) is 18.6 Å². The standard InChI is InChI=1S/C12H23NO2/c1-2-12(15)13-11(9-14)8-10-6-4-3-5-7-10/h10-11,14H,2-9H2,1H3,(H,13,15). The minimum absolute atomic E-state index is 0.0273. The van der Waals surface area contributed by atoms with Crippen LogP contribution in [0.25, 0.3) is 0 Å². The fraction of sp³-hybridized carbons (Fsp3) is 0.917. The average Bonchev–Trinajstić information content (AvgIpc) is 2.29. The molecule has 1 atom stereocenters. The van der Waals surface area contributed by atoms with E-state index in [2.05, 4.69) is 5.32 Å². The fourth-order valence-electron chi connectivity index (χ4n) is 2.33. The van der Waals surface area contributed by atoms with Gasteiger partial charge >= 0.3 is 0 Å². The van der Waals surface area contributed by atoms with Crippen molar-refractivity contribution in [1.82, 2.24) is 5.32 Å². The number of nitrogens with one attached hydrogen (secondary N) is 1. The molecule has 0 radical (unpaired) electrons. The van der Waals surface area contributed by atoms with E-state index in [1.807, 2.05) is 6.92 Å². The van der Waals surface area contributed by atoms with Crippen molar-refractivity contribution in [2.24, 2.45) is 5.92 Å². The number of rotatable bonds is 5. The summed E-state index contributed by atoms with van der Waals surface area (Å²) in [6, 6.07) is -0.0273. The number of carbonyl (C=O) groups is 1. The van der Waals surface area contributed by atoms with Crippen molar-refractivity contribution < 1.29 is 9.90 Å².